The molecule has 1 N–H and O–H groups in total. The van der Waals surface area contributed by atoms with Crippen molar-refractivity contribution < 1.29 is 5.11 Å². The van der Waals surface area contributed by atoms with Gasteiger partial charge < -0.3 is 5.11 Å². The maximum Gasteiger partial charge on any atom is 0.110 e. The van der Waals surface area contributed by atoms with Crippen molar-refractivity contribution in [2.75, 3.05) is 13.1 Å². The molecule has 0 saturated carbocycles. The Morgan fingerprint density at radius 1 is 1.69 bits per heavy atom. The number of thiazole rings is 1. The van der Waals surface area contributed by atoms with E-state index in [2.05, 4.69) is 22.2 Å². The van der Waals surface area contributed by atoms with Crippen molar-refractivity contribution in [3.05, 3.63) is 16.1 Å². The van der Waals surface area contributed by atoms with Crippen LogP contribution in [0.1, 0.15) is 43.4 Å². The SMILES string of the molecule is CCN1CCCC1c1nc(CC(C)O)cs1. The minimum atomic E-state index is -0.291. The predicted molar refractivity (Wildman–Crippen MR) is 66.7 cm³/mol. The largest absolute Gasteiger partial charge is 0.393 e. The first-order chi connectivity index (χ1) is 7.70. The Morgan fingerprint density at radius 3 is 3.19 bits per heavy atom. The van der Waals surface area contributed by atoms with E-state index in [0.29, 0.717) is 12.5 Å². The van der Waals surface area contributed by atoms with Gasteiger partial charge in [0.05, 0.1) is 17.8 Å². The summed E-state index contributed by atoms with van der Waals surface area (Å²) in [6.45, 7) is 6.33. The van der Waals surface area contributed by atoms with Crippen LogP contribution in [0.2, 0.25) is 0 Å². The second kappa shape index (κ2) is 5.25. The zero-order chi connectivity index (χ0) is 11.5. The third-order valence-corrected chi connectivity index (χ3v) is 4.12. The van der Waals surface area contributed by atoms with Gasteiger partial charge in [0.25, 0.3) is 0 Å². The molecule has 16 heavy (non-hydrogen) atoms. The zero-order valence-electron chi connectivity index (χ0n) is 10.0. The molecule has 0 aliphatic carbocycles. The average molecular weight is 240 g/mol. The van der Waals surface area contributed by atoms with E-state index in [1.807, 2.05) is 6.92 Å². The van der Waals surface area contributed by atoms with Crippen LogP contribution in [0.4, 0.5) is 0 Å². The number of likely N-dealkylation sites (tertiary alicyclic amines) is 1. The minimum absolute atomic E-state index is 0.291. The third-order valence-electron chi connectivity index (χ3n) is 3.13. The highest BCUT2D eigenvalue weighted by Gasteiger charge is 2.26. The van der Waals surface area contributed by atoms with E-state index in [9.17, 15) is 5.11 Å². The molecule has 1 aromatic rings. The molecule has 0 spiro atoms. The van der Waals surface area contributed by atoms with Crippen LogP contribution >= 0.6 is 11.3 Å². The fourth-order valence-electron chi connectivity index (χ4n) is 2.36. The molecule has 2 unspecified atom stereocenters. The third kappa shape index (κ3) is 2.62. The van der Waals surface area contributed by atoms with Gasteiger partial charge in [-0.2, -0.15) is 0 Å². The average Bonchev–Trinajstić information content (AvgIpc) is 2.83. The normalized spacial score (nSPS) is 23.8. The molecule has 1 fully saturated rings. The molecular weight excluding hydrogens is 220 g/mol. The highest BCUT2D eigenvalue weighted by atomic mass is 32.1. The van der Waals surface area contributed by atoms with Crippen LogP contribution in [0.15, 0.2) is 5.38 Å². The Morgan fingerprint density at radius 2 is 2.50 bits per heavy atom. The van der Waals surface area contributed by atoms with Crippen LogP contribution in [0.3, 0.4) is 0 Å². The van der Waals surface area contributed by atoms with Crippen LogP contribution in [0.25, 0.3) is 0 Å². The van der Waals surface area contributed by atoms with Crippen molar-refractivity contribution in [2.45, 2.75) is 45.3 Å². The van der Waals surface area contributed by atoms with Gasteiger partial charge in [-0.3, -0.25) is 4.90 Å². The minimum Gasteiger partial charge on any atom is -0.393 e. The standard InChI is InChI=1S/C12H20N2OS/c1-3-14-6-4-5-11(14)12-13-10(8-16-12)7-9(2)15/h8-9,11,15H,3-7H2,1-2H3. The summed E-state index contributed by atoms with van der Waals surface area (Å²) in [5.41, 5.74) is 1.04. The van der Waals surface area contributed by atoms with Crippen LogP contribution in [-0.4, -0.2) is 34.2 Å². The maximum atomic E-state index is 9.33. The van der Waals surface area contributed by atoms with Crippen molar-refractivity contribution in [2.24, 2.45) is 0 Å². The van der Waals surface area contributed by atoms with Gasteiger partial charge in [-0.05, 0) is 32.9 Å². The summed E-state index contributed by atoms with van der Waals surface area (Å²) in [6.07, 6.45) is 2.90. The first kappa shape index (κ1) is 12.0. The van der Waals surface area contributed by atoms with Gasteiger partial charge in [-0.1, -0.05) is 6.92 Å². The molecule has 1 aliphatic heterocycles. The van der Waals surface area contributed by atoms with Crippen molar-refractivity contribution in [1.29, 1.82) is 0 Å². The second-order valence-electron chi connectivity index (χ2n) is 4.52. The number of aromatic nitrogens is 1. The second-order valence-corrected chi connectivity index (χ2v) is 5.41. The zero-order valence-corrected chi connectivity index (χ0v) is 10.8. The van der Waals surface area contributed by atoms with E-state index >= 15 is 0 Å². The quantitative estimate of drug-likeness (QED) is 0.876. The number of hydrogen-bond donors (Lipinski definition) is 1. The number of hydrogen-bond acceptors (Lipinski definition) is 4. The summed E-state index contributed by atoms with van der Waals surface area (Å²) < 4.78 is 0. The highest BCUT2D eigenvalue weighted by molar-refractivity contribution is 7.09. The Kier molecular flexibility index (Phi) is 3.95. The lowest BCUT2D eigenvalue weighted by Crippen LogP contribution is -2.22. The molecule has 3 nitrogen and oxygen atoms in total. The molecule has 1 saturated heterocycles. The molecule has 0 bridgehead atoms. The highest BCUT2D eigenvalue weighted by Crippen LogP contribution is 2.33. The fourth-order valence-corrected chi connectivity index (χ4v) is 3.36. The van der Waals surface area contributed by atoms with Gasteiger partial charge >= 0.3 is 0 Å². The molecule has 2 atom stereocenters. The Hall–Kier alpha value is -0.450. The summed E-state index contributed by atoms with van der Waals surface area (Å²) in [7, 11) is 0. The molecule has 0 radical (unpaired) electrons. The van der Waals surface area contributed by atoms with Gasteiger partial charge in [0.1, 0.15) is 5.01 Å². The topological polar surface area (TPSA) is 36.4 Å². The molecule has 2 rings (SSSR count). The molecule has 0 aromatic carbocycles. The molecule has 0 amide bonds. The lowest BCUT2D eigenvalue weighted by Gasteiger charge is -2.20. The number of aliphatic hydroxyl groups is 1. The lowest BCUT2D eigenvalue weighted by atomic mass is 10.2. The van der Waals surface area contributed by atoms with Crippen molar-refractivity contribution >= 4 is 11.3 Å². The summed E-state index contributed by atoms with van der Waals surface area (Å²) in [4.78, 5) is 7.14. The Bertz CT molecular complexity index is 338. The van der Waals surface area contributed by atoms with Gasteiger partial charge in [0.15, 0.2) is 0 Å². The molecule has 90 valence electrons. The lowest BCUT2D eigenvalue weighted by molar-refractivity contribution is 0.194. The molecular formula is C12H20N2OS. The van der Waals surface area contributed by atoms with Crippen LogP contribution in [-0.2, 0) is 6.42 Å². The van der Waals surface area contributed by atoms with Gasteiger partial charge in [-0.25, -0.2) is 4.98 Å². The van der Waals surface area contributed by atoms with Gasteiger partial charge in [0, 0.05) is 11.8 Å². The summed E-state index contributed by atoms with van der Waals surface area (Å²) >= 11 is 1.74. The summed E-state index contributed by atoms with van der Waals surface area (Å²) in [5.74, 6) is 0. The molecule has 1 aromatic heterocycles. The molecule has 4 heteroatoms. The smallest absolute Gasteiger partial charge is 0.110 e. The number of nitrogens with zero attached hydrogens (tertiary/aromatic N) is 2. The van der Waals surface area contributed by atoms with E-state index in [1.165, 1.54) is 24.4 Å². The van der Waals surface area contributed by atoms with Gasteiger partial charge in [-0.15, -0.1) is 11.3 Å². The number of aliphatic hydroxyl groups excluding tert-OH is 1. The monoisotopic (exact) mass is 240 g/mol. The van der Waals surface area contributed by atoms with E-state index in [1.54, 1.807) is 11.3 Å². The van der Waals surface area contributed by atoms with E-state index < -0.39 is 0 Å². The van der Waals surface area contributed by atoms with E-state index in [4.69, 9.17) is 0 Å². The Labute approximate surface area is 101 Å². The summed E-state index contributed by atoms with van der Waals surface area (Å²) in [6, 6.07) is 0.526. The van der Waals surface area contributed by atoms with Crippen molar-refractivity contribution in [3.8, 4) is 0 Å². The first-order valence-electron chi connectivity index (χ1n) is 6.07. The van der Waals surface area contributed by atoms with Gasteiger partial charge in [0.2, 0.25) is 0 Å². The molecule has 2 heterocycles. The molecule has 1 aliphatic rings. The Balaban J connectivity index is 2.06. The summed E-state index contributed by atoms with van der Waals surface area (Å²) in [5, 5.41) is 12.7. The van der Waals surface area contributed by atoms with Crippen LogP contribution in [0, 0.1) is 0 Å². The predicted octanol–water partition coefficient (Wildman–Crippen LogP) is 2.22. The van der Waals surface area contributed by atoms with Crippen molar-refractivity contribution in [1.82, 2.24) is 9.88 Å². The number of rotatable bonds is 4. The van der Waals surface area contributed by atoms with E-state index in [-0.39, 0.29) is 6.10 Å². The van der Waals surface area contributed by atoms with Crippen LogP contribution < -0.4 is 0 Å². The maximum absolute atomic E-state index is 9.33. The fraction of sp³-hybridized carbons (Fsp3) is 0.750. The van der Waals surface area contributed by atoms with E-state index in [0.717, 1.165) is 12.2 Å². The van der Waals surface area contributed by atoms with Crippen LogP contribution in [0.5, 0.6) is 0 Å². The first-order valence-corrected chi connectivity index (χ1v) is 6.95. The van der Waals surface area contributed by atoms with Crippen molar-refractivity contribution in [3.63, 3.8) is 0 Å².